The maximum atomic E-state index is 4.82. The summed E-state index contributed by atoms with van der Waals surface area (Å²) in [7, 11) is 0. The fourth-order valence-corrected chi connectivity index (χ4v) is 1.08. The third-order valence-corrected chi connectivity index (χ3v) is 1.70. The van der Waals surface area contributed by atoms with Gasteiger partial charge in [-0.05, 0) is 18.1 Å². The van der Waals surface area contributed by atoms with Gasteiger partial charge in [0.05, 0.1) is 22.9 Å². The summed E-state index contributed by atoms with van der Waals surface area (Å²) in [5, 5.41) is 0. The molecule has 10 heavy (non-hydrogen) atoms. The summed E-state index contributed by atoms with van der Waals surface area (Å²) in [4.78, 5) is 0. The first-order valence-electron chi connectivity index (χ1n) is 3.12. The molecule has 54 valence electrons. The molecule has 0 saturated heterocycles. The summed E-state index contributed by atoms with van der Waals surface area (Å²) in [6, 6.07) is 8.15. The molecule has 0 bridgehead atoms. The molecule has 0 saturated carbocycles. The van der Waals surface area contributed by atoms with Gasteiger partial charge in [-0.15, -0.1) is 0 Å². The highest BCUT2D eigenvalue weighted by atomic mass is 79.9. The molecule has 0 N–H and O–H groups in total. The van der Waals surface area contributed by atoms with E-state index in [1.165, 1.54) is 11.1 Å². The van der Waals surface area contributed by atoms with Crippen LogP contribution in [-0.4, -0.2) is 0 Å². The maximum absolute atomic E-state index is 4.82. The van der Waals surface area contributed by atoms with Gasteiger partial charge in [0.25, 0.3) is 0 Å². The topological polar surface area (TPSA) is 9.23 Å². The van der Waals surface area contributed by atoms with Crippen molar-refractivity contribution in [2.75, 3.05) is 0 Å². The first-order chi connectivity index (χ1) is 4.84. The number of hydrogen-bond acceptors (Lipinski definition) is 1. The normalized spacial score (nSPS) is 9.80. The predicted molar refractivity (Wildman–Crippen MR) is 44.9 cm³/mol. The van der Waals surface area contributed by atoms with Crippen molar-refractivity contribution in [2.24, 2.45) is 0 Å². The number of halogens is 1. The van der Waals surface area contributed by atoms with Gasteiger partial charge in [-0.1, -0.05) is 24.3 Å². The van der Waals surface area contributed by atoms with Crippen molar-refractivity contribution in [3.8, 4) is 0 Å². The summed E-state index contributed by atoms with van der Waals surface area (Å²) < 4.78 is 4.82. The van der Waals surface area contributed by atoms with Crippen LogP contribution in [0.25, 0.3) is 0 Å². The average molecular weight is 201 g/mol. The van der Waals surface area contributed by atoms with Gasteiger partial charge < -0.3 is 3.83 Å². The molecule has 0 atom stereocenters. The van der Waals surface area contributed by atoms with Crippen molar-refractivity contribution in [2.45, 2.75) is 13.5 Å². The van der Waals surface area contributed by atoms with E-state index in [1.807, 2.05) is 12.1 Å². The van der Waals surface area contributed by atoms with Gasteiger partial charge in [0.15, 0.2) is 0 Å². The van der Waals surface area contributed by atoms with E-state index in [4.69, 9.17) is 3.83 Å². The lowest BCUT2D eigenvalue weighted by atomic mass is 10.1. The first-order valence-corrected chi connectivity index (χ1v) is 3.77. The molecule has 0 radical (unpaired) electrons. The standard InChI is InChI=1S/C8H9BrO/c1-7-4-2-3-5-8(7)6-10-9/h2-5H,6H2,1H3. The maximum Gasteiger partial charge on any atom is 0.0991 e. The second-order valence-electron chi connectivity index (χ2n) is 2.18. The zero-order chi connectivity index (χ0) is 7.40. The number of rotatable bonds is 2. The van der Waals surface area contributed by atoms with Crippen molar-refractivity contribution >= 4 is 16.3 Å². The third kappa shape index (κ3) is 1.82. The number of aryl methyl sites for hydroxylation is 1. The Balaban J connectivity index is 2.81. The smallest absolute Gasteiger partial charge is 0.0991 e. The van der Waals surface area contributed by atoms with Crippen LogP contribution < -0.4 is 0 Å². The summed E-state index contributed by atoms with van der Waals surface area (Å²) in [6.45, 7) is 2.70. The van der Waals surface area contributed by atoms with Crippen molar-refractivity contribution in [1.29, 1.82) is 0 Å². The van der Waals surface area contributed by atoms with Crippen LogP contribution in [0.1, 0.15) is 11.1 Å². The molecule has 0 amide bonds. The minimum Gasteiger partial charge on any atom is -0.303 e. The van der Waals surface area contributed by atoms with E-state index in [9.17, 15) is 0 Å². The van der Waals surface area contributed by atoms with E-state index in [2.05, 4.69) is 35.3 Å². The minimum atomic E-state index is 0.632. The highest BCUT2D eigenvalue weighted by molar-refractivity contribution is 9.06. The number of hydrogen-bond donors (Lipinski definition) is 0. The van der Waals surface area contributed by atoms with Crippen molar-refractivity contribution in [3.05, 3.63) is 35.4 Å². The first kappa shape index (κ1) is 7.76. The van der Waals surface area contributed by atoms with Crippen LogP contribution in [0.15, 0.2) is 24.3 Å². The largest absolute Gasteiger partial charge is 0.303 e. The van der Waals surface area contributed by atoms with Crippen LogP contribution in [0.5, 0.6) is 0 Å². The fraction of sp³-hybridized carbons (Fsp3) is 0.250. The SMILES string of the molecule is Cc1ccccc1COBr. The minimum absolute atomic E-state index is 0.632. The second-order valence-corrected chi connectivity index (χ2v) is 2.64. The second kappa shape index (κ2) is 3.74. The Kier molecular flexibility index (Phi) is 2.90. The van der Waals surface area contributed by atoms with E-state index < -0.39 is 0 Å². The highest BCUT2D eigenvalue weighted by Gasteiger charge is 1.93. The Hall–Kier alpha value is -0.340. The molecule has 0 aromatic heterocycles. The van der Waals surface area contributed by atoms with E-state index in [0.717, 1.165) is 0 Å². The molecule has 2 heteroatoms. The Morgan fingerprint density at radius 3 is 2.70 bits per heavy atom. The van der Waals surface area contributed by atoms with Gasteiger partial charge >= 0.3 is 0 Å². The lowest BCUT2D eigenvalue weighted by Gasteiger charge is -2.00. The van der Waals surface area contributed by atoms with E-state index in [1.54, 1.807) is 0 Å². The summed E-state index contributed by atoms with van der Waals surface area (Å²) >= 11 is 2.92. The van der Waals surface area contributed by atoms with Gasteiger partial charge in [0, 0.05) is 0 Å². The van der Waals surface area contributed by atoms with Crippen molar-refractivity contribution < 1.29 is 3.83 Å². The molecule has 0 aliphatic rings. The molecule has 1 nitrogen and oxygen atoms in total. The third-order valence-electron chi connectivity index (χ3n) is 1.47. The van der Waals surface area contributed by atoms with Crippen molar-refractivity contribution in [3.63, 3.8) is 0 Å². The van der Waals surface area contributed by atoms with Crippen LogP contribution >= 0.6 is 16.3 Å². The van der Waals surface area contributed by atoms with Gasteiger partial charge in [-0.3, -0.25) is 0 Å². The lowest BCUT2D eigenvalue weighted by Crippen LogP contribution is -1.86. The Morgan fingerprint density at radius 1 is 1.40 bits per heavy atom. The molecule has 0 aliphatic heterocycles. The average Bonchev–Trinajstić information content (AvgIpc) is 1.94. The quantitative estimate of drug-likeness (QED) is 0.714. The molecule has 0 heterocycles. The predicted octanol–water partition coefficient (Wildman–Crippen LogP) is 2.82. The van der Waals surface area contributed by atoms with Crippen molar-refractivity contribution in [1.82, 2.24) is 0 Å². The Labute approximate surface area is 69.5 Å². The molecule has 0 fully saturated rings. The molecule has 1 aromatic carbocycles. The summed E-state index contributed by atoms with van der Waals surface area (Å²) in [5.41, 5.74) is 2.49. The molecule has 0 unspecified atom stereocenters. The fourth-order valence-electron chi connectivity index (χ4n) is 0.831. The van der Waals surface area contributed by atoms with E-state index >= 15 is 0 Å². The molecular formula is C8H9BrO. The molecular weight excluding hydrogens is 192 g/mol. The molecule has 1 aromatic rings. The van der Waals surface area contributed by atoms with Crippen LogP contribution in [-0.2, 0) is 10.4 Å². The highest BCUT2D eigenvalue weighted by Crippen LogP contribution is 2.08. The summed E-state index contributed by atoms with van der Waals surface area (Å²) in [6.07, 6.45) is 0. The van der Waals surface area contributed by atoms with Gasteiger partial charge in [0.1, 0.15) is 0 Å². The summed E-state index contributed by atoms with van der Waals surface area (Å²) in [5.74, 6) is 0. The van der Waals surface area contributed by atoms with Crippen LogP contribution in [0, 0.1) is 6.92 Å². The van der Waals surface area contributed by atoms with Gasteiger partial charge in [-0.2, -0.15) is 0 Å². The Morgan fingerprint density at radius 2 is 2.10 bits per heavy atom. The van der Waals surface area contributed by atoms with Crippen LogP contribution in [0.3, 0.4) is 0 Å². The molecule has 0 spiro atoms. The Bertz CT molecular complexity index is 210. The lowest BCUT2D eigenvalue weighted by molar-refractivity contribution is 0.386. The van der Waals surface area contributed by atoms with E-state index in [0.29, 0.717) is 6.61 Å². The van der Waals surface area contributed by atoms with Gasteiger partial charge in [0.2, 0.25) is 0 Å². The monoisotopic (exact) mass is 200 g/mol. The number of benzene rings is 1. The van der Waals surface area contributed by atoms with E-state index in [-0.39, 0.29) is 0 Å². The zero-order valence-electron chi connectivity index (χ0n) is 5.80. The van der Waals surface area contributed by atoms with Crippen LogP contribution in [0.4, 0.5) is 0 Å². The van der Waals surface area contributed by atoms with Gasteiger partial charge in [-0.25, -0.2) is 0 Å². The van der Waals surface area contributed by atoms with Crippen LogP contribution in [0.2, 0.25) is 0 Å². The molecule has 0 aliphatic carbocycles. The zero-order valence-corrected chi connectivity index (χ0v) is 7.39. The molecule has 1 rings (SSSR count).